The van der Waals surface area contributed by atoms with Gasteiger partial charge in [0.05, 0.1) is 0 Å². The van der Waals surface area contributed by atoms with Gasteiger partial charge in [0, 0.05) is 12.6 Å². The van der Waals surface area contributed by atoms with Crippen LogP contribution >= 0.6 is 0 Å². The fraction of sp³-hybridized carbons (Fsp3) is 1.00. The van der Waals surface area contributed by atoms with E-state index in [9.17, 15) is 0 Å². The highest BCUT2D eigenvalue weighted by Crippen LogP contribution is 2.24. The second kappa shape index (κ2) is 7.24. The third-order valence-corrected chi connectivity index (χ3v) is 2.98. The zero-order valence-corrected chi connectivity index (χ0v) is 11.6. The van der Waals surface area contributed by atoms with Crippen molar-refractivity contribution in [2.45, 2.75) is 54.0 Å². The van der Waals surface area contributed by atoms with Crippen LogP contribution in [-0.4, -0.2) is 37.1 Å². The van der Waals surface area contributed by atoms with E-state index >= 15 is 0 Å². The second-order valence-corrected chi connectivity index (χ2v) is 5.07. The monoisotopic (exact) mass is 214 g/mol. The van der Waals surface area contributed by atoms with E-state index in [0.29, 0.717) is 11.5 Å². The van der Waals surface area contributed by atoms with Crippen molar-refractivity contribution in [3.63, 3.8) is 0 Å². The normalized spacial score (nSPS) is 24.0. The Kier molecular flexibility index (Phi) is 7.20. The van der Waals surface area contributed by atoms with Crippen molar-refractivity contribution in [3.8, 4) is 0 Å². The van der Waals surface area contributed by atoms with Crippen LogP contribution in [0.1, 0.15) is 48.0 Å². The molecule has 0 aromatic carbocycles. The zero-order chi connectivity index (χ0) is 11.9. The summed E-state index contributed by atoms with van der Waals surface area (Å²) in [6, 6.07) is 0.694. The Morgan fingerprint density at radius 3 is 2.33 bits per heavy atom. The summed E-state index contributed by atoms with van der Waals surface area (Å²) in [4.78, 5) is 2.61. The number of hydrogen-bond donors (Lipinski definition) is 1. The fourth-order valence-corrected chi connectivity index (χ4v) is 2.16. The van der Waals surface area contributed by atoms with Gasteiger partial charge in [-0.3, -0.25) is 4.90 Å². The Morgan fingerprint density at radius 1 is 1.27 bits per heavy atom. The molecule has 1 rings (SSSR count). The van der Waals surface area contributed by atoms with Gasteiger partial charge in [-0.1, -0.05) is 41.5 Å². The van der Waals surface area contributed by atoms with Crippen LogP contribution in [0.2, 0.25) is 0 Å². The van der Waals surface area contributed by atoms with Gasteiger partial charge in [0.2, 0.25) is 0 Å². The van der Waals surface area contributed by atoms with Crippen molar-refractivity contribution in [1.29, 1.82) is 0 Å². The predicted molar refractivity (Wildman–Crippen MR) is 69.3 cm³/mol. The lowest BCUT2D eigenvalue weighted by Crippen LogP contribution is -2.47. The summed E-state index contributed by atoms with van der Waals surface area (Å²) in [7, 11) is 0. The minimum absolute atomic E-state index is 0.396. The highest BCUT2D eigenvalue weighted by molar-refractivity contribution is 4.86. The number of nitrogens with zero attached hydrogens (tertiary/aromatic N) is 1. The molecule has 1 fully saturated rings. The first-order valence-electron chi connectivity index (χ1n) is 6.50. The molecule has 2 nitrogen and oxygen atoms in total. The first-order valence-corrected chi connectivity index (χ1v) is 6.50. The summed E-state index contributed by atoms with van der Waals surface area (Å²) in [5.41, 5.74) is 0.396. The maximum atomic E-state index is 3.53. The molecule has 0 amide bonds. The Bertz CT molecular complexity index is 149. The molecule has 0 aromatic rings. The van der Waals surface area contributed by atoms with E-state index < -0.39 is 0 Å². The average Bonchev–Trinajstić information content (AvgIpc) is 2.44. The van der Waals surface area contributed by atoms with Crippen molar-refractivity contribution in [2.24, 2.45) is 5.41 Å². The van der Waals surface area contributed by atoms with Crippen LogP contribution in [0, 0.1) is 5.41 Å². The minimum Gasteiger partial charge on any atom is -0.315 e. The van der Waals surface area contributed by atoms with Gasteiger partial charge in [0.25, 0.3) is 0 Å². The van der Waals surface area contributed by atoms with Crippen molar-refractivity contribution in [2.75, 3.05) is 26.2 Å². The maximum absolute atomic E-state index is 3.53. The second-order valence-electron chi connectivity index (χ2n) is 5.07. The smallest absolute Gasteiger partial charge is 0.0268 e. The molecule has 0 aromatic heterocycles. The third-order valence-electron chi connectivity index (χ3n) is 2.98. The molecular formula is C13H30N2. The fourth-order valence-electron chi connectivity index (χ4n) is 2.16. The SMILES string of the molecule is CC.CCN1CCCNC[C@H]1C(C)(C)C. The van der Waals surface area contributed by atoms with Gasteiger partial charge in [-0.15, -0.1) is 0 Å². The molecule has 0 radical (unpaired) electrons. The molecule has 1 atom stereocenters. The van der Waals surface area contributed by atoms with Crippen LogP contribution in [0.5, 0.6) is 0 Å². The summed E-state index contributed by atoms with van der Waals surface area (Å²) in [5.74, 6) is 0. The van der Waals surface area contributed by atoms with Crippen LogP contribution in [0.3, 0.4) is 0 Å². The highest BCUT2D eigenvalue weighted by Gasteiger charge is 2.29. The van der Waals surface area contributed by atoms with Gasteiger partial charge in [-0.25, -0.2) is 0 Å². The summed E-state index contributed by atoms with van der Waals surface area (Å²) >= 11 is 0. The molecule has 1 saturated heterocycles. The minimum atomic E-state index is 0.396. The van der Waals surface area contributed by atoms with E-state index in [4.69, 9.17) is 0 Å². The predicted octanol–water partition coefficient (Wildman–Crippen LogP) is 2.74. The Hall–Kier alpha value is -0.0800. The molecule has 2 heteroatoms. The van der Waals surface area contributed by atoms with E-state index in [1.54, 1.807) is 0 Å². The van der Waals surface area contributed by atoms with E-state index in [1.807, 2.05) is 13.8 Å². The summed E-state index contributed by atoms with van der Waals surface area (Å²) < 4.78 is 0. The molecule has 0 spiro atoms. The lowest BCUT2D eigenvalue weighted by Gasteiger charge is -2.38. The quantitative estimate of drug-likeness (QED) is 0.722. The third kappa shape index (κ3) is 4.98. The molecule has 0 bridgehead atoms. The van der Waals surface area contributed by atoms with Crippen molar-refractivity contribution >= 4 is 0 Å². The summed E-state index contributed by atoms with van der Waals surface area (Å²) in [6.07, 6.45) is 1.29. The Morgan fingerprint density at radius 2 is 1.87 bits per heavy atom. The van der Waals surface area contributed by atoms with Gasteiger partial charge < -0.3 is 5.32 Å². The van der Waals surface area contributed by atoms with Gasteiger partial charge >= 0.3 is 0 Å². The first-order chi connectivity index (χ1) is 7.05. The molecule has 0 saturated carbocycles. The van der Waals surface area contributed by atoms with Crippen molar-refractivity contribution in [3.05, 3.63) is 0 Å². The molecule has 0 unspecified atom stereocenters. The lowest BCUT2D eigenvalue weighted by molar-refractivity contribution is 0.115. The van der Waals surface area contributed by atoms with Crippen LogP contribution in [0.4, 0.5) is 0 Å². The summed E-state index contributed by atoms with van der Waals surface area (Å²) in [6.45, 7) is 18.1. The van der Waals surface area contributed by atoms with Gasteiger partial charge in [-0.2, -0.15) is 0 Å². The van der Waals surface area contributed by atoms with Crippen molar-refractivity contribution < 1.29 is 0 Å². The molecule has 15 heavy (non-hydrogen) atoms. The number of nitrogens with one attached hydrogen (secondary N) is 1. The molecular weight excluding hydrogens is 184 g/mol. The topological polar surface area (TPSA) is 15.3 Å². The number of rotatable bonds is 1. The largest absolute Gasteiger partial charge is 0.315 e. The lowest BCUT2D eigenvalue weighted by atomic mass is 9.85. The van der Waals surface area contributed by atoms with E-state index in [-0.39, 0.29) is 0 Å². The first kappa shape index (κ1) is 14.9. The summed E-state index contributed by atoms with van der Waals surface area (Å²) in [5, 5.41) is 3.53. The van der Waals surface area contributed by atoms with E-state index in [0.717, 1.165) is 6.54 Å². The van der Waals surface area contributed by atoms with Crippen molar-refractivity contribution in [1.82, 2.24) is 10.2 Å². The molecule has 1 N–H and O–H groups in total. The molecule has 1 heterocycles. The molecule has 92 valence electrons. The van der Waals surface area contributed by atoms with Crippen LogP contribution in [-0.2, 0) is 0 Å². The maximum Gasteiger partial charge on any atom is 0.0268 e. The highest BCUT2D eigenvalue weighted by atomic mass is 15.2. The number of likely N-dealkylation sites (N-methyl/N-ethyl adjacent to an activating group) is 1. The van der Waals surface area contributed by atoms with Gasteiger partial charge in [0.1, 0.15) is 0 Å². The van der Waals surface area contributed by atoms with E-state index in [1.165, 1.54) is 26.1 Å². The molecule has 1 aliphatic rings. The Balaban J connectivity index is 0.000000921. The number of hydrogen-bond acceptors (Lipinski definition) is 2. The standard InChI is InChI=1S/C11H24N2.C2H6/c1-5-13-8-6-7-12-9-10(13)11(2,3)4;1-2/h10,12H,5-9H2,1-4H3;1-2H3/t10-;/m0./s1. The Labute approximate surface area is 96.4 Å². The van der Waals surface area contributed by atoms with Crippen LogP contribution in [0.15, 0.2) is 0 Å². The van der Waals surface area contributed by atoms with E-state index in [2.05, 4.69) is 37.9 Å². The molecule has 1 aliphatic heterocycles. The average molecular weight is 214 g/mol. The van der Waals surface area contributed by atoms with Crippen LogP contribution in [0.25, 0.3) is 0 Å². The van der Waals surface area contributed by atoms with Gasteiger partial charge in [0.15, 0.2) is 0 Å². The molecule has 0 aliphatic carbocycles. The van der Waals surface area contributed by atoms with Gasteiger partial charge in [-0.05, 0) is 31.5 Å². The zero-order valence-electron chi connectivity index (χ0n) is 11.6. The van der Waals surface area contributed by atoms with Crippen LogP contribution < -0.4 is 5.32 Å².